The number of methoxy groups -OCH3 is 1. The summed E-state index contributed by atoms with van der Waals surface area (Å²) in [6.07, 6.45) is 0. The van der Waals surface area contributed by atoms with Gasteiger partial charge >= 0.3 is 0 Å². The summed E-state index contributed by atoms with van der Waals surface area (Å²) < 4.78 is 7.58. The Morgan fingerprint density at radius 1 is 1.12 bits per heavy atom. The van der Waals surface area contributed by atoms with Crippen molar-refractivity contribution >= 4 is 34.7 Å². The van der Waals surface area contributed by atoms with Gasteiger partial charge in [0.15, 0.2) is 11.0 Å². The molecule has 0 aliphatic carbocycles. The van der Waals surface area contributed by atoms with Gasteiger partial charge in [0, 0.05) is 21.8 Å². The molecule has 0 N–H and O–H groups in total. The van der Waals surface area contributed by atoms with Crippen LogP contribution in [0.15, 0.2) is 59.1 Å². The molecule has 0 aliphatic heterocycles. The summed E-state index contributed by atoms with van der Waals surface area (Å²) in [5.41, 5.74) is 2.98. The Kier molecular flexibility index (Phi) is 7.15. The maximum absolute atomic E-state index is 6.11. The van der Waals surface area contributed by atoms with Crippen molar-refractivity contribution in [1.29, 1.82) is 0 Å². The molecule has 0 saturated heterocycles. The van der Waals surface area contributed by atoms with Crippen LogP contribution in [0.4, 0.5) is 0 Å². The molecule has 0 spiro atoms. The Bertz CT molecular complexity index is 1190. The smallest absolute Gasteiger partial charge is 0.196 e. The number of halogens is 1. The molecule has 32 heavy (non-hydrogen) atoms. The van der Waals surface area contributed by atoms with Gasteiger partial charge in [0.2, 0.25) is 0 Å². The third-order valence-corrected chi connectivity index (χ3v) is 7.27. The van der Waals surface area contributed by atoms with Crippen molar-refractivity contribution in [3.63, 3.8) is 0 Å². The number of hydrogen-bond donors (Lipinski definition) is 0. The highest BCUT2D eigenvalue weighted by atomic mass is 35.5. The monoisotopic (exact) mass is 485 g/mol. The lowest BCUT2D eigenvalue weighted by Crippen LogP contribution is -2.20. The van der Waals surface area contributed by atoms with Crippen LogP contribution in [0.25, 0.3) is 16.3 Å². The summed E-state index contributed by atoms with van der Waals surface area (Å²) in [6, 6.07) is 15.8. The van der Waals surface area contributed by atoms with Gasteiger partial charge in [0.05, 0.1) is 24.4 Å². The van der Waals surface area contributed by atoms with Crippen molar-refractivity contribution in [3.8, 4) is 22.0 Å². The fourth-order valence-corrected chi connectivity index (χ4v) is 5.10. The molecule has 1 unspecified atom stereocenters. The van der Waals surface area contributed by atoms with E-state index in [4.69, 9.17) is 21.3 Å². The van der Waals surface area contributed by atoms with Gasteiger partial charge in [0.25, 0.3) is 0 Å². The molecular formula is C23H24ClN5OS2. The number of aromatic nitrogens is 4. The second-order valence-corrected chi connectivity index (χ2v) is 9.66. The van der Waals surface area contributed by atoms with Crippen molar-refractivity contribution in [3.05, 3.63) is 70.5 Å². The van der Waals surface area contributed by atoms with E-state index in [0.29, 0.717) is 10.8 Å². The van der Waals surface area contributed by atoms with Crippen LogP contribution in [0.5, 0.6) is 5.75 Å². The van der Waals surface area contributed by atoms with Gasteiger partial charge in [-0.2, -0.15) is 0 Å². The quantitative estimate of drug-likeness (QED) is 0.287. The van der Waals surface area contributed by atoms with Gasteiger partial charge in [-0.1, -0.05) is 35.5 Å². The Balaban J connectivity index is 1.60. The van der Waals surface area contributed by atoms with Gasteiger partial charge in [-0.05, 0) is 57.4 Å². The van der Waals surface area contributed by atoms with Crippen molar-refractivity contribution in [2.45, 2.75) is 23.9 Å². The highest BCUT2D eigenvalue weighted by Gasteiger charge is 2.21. The fraction of sp³-hybridized carbons (Fsp3) is 0.261. The first-order valence-corrected chi connectivity index (χ1v) is 12.3. The standard InChI is InChI=1S/C23H24ClN5OS2/c1-15(28(2)3)21-26-27-23(29(21)18-11-9-16(24)10-12-18)32-14-17-13-31-22(25-17)19-7-5-6-8-20(19)30-4/h5-13,15H,14H2,1-4H3. The Labute approximate surface area is 201 Å². The molecule has 6 nitrogen and oxygen atoms in total. The molecule has 0 saturated carbocycles. The maximum atomic E-state index is 6.11. The predicted octanol–water partition coefficient (Wildman–Crippen LogP) is 5.97. The van der Waals surface area contributed by atoms with Gasteiger partial charge in [-0.25, -0.2) is 4.98 Å². The van der Waals surface area contributed by atoms with Crippen LogP contribution in [0.2, 0.25) is 5.02 Å². The molecule has 0 bridgehead atoms. The van der Waals surface area contributed by atoms with Crippen molar-refractivity contribution in [2.75, 3.05) is 21.2 Å². The molecule has 0 amide bonds. The number of nitrogens with zero attached hydrogens (tertiary/aromatic N) is 5. The Hall–Kier alpha value is -2.39. The minimum absolute atomic E-state index is 0.101. The summed E-state index contributed by atoms with van der Waals surface area (Å²) in [6.45, 7) is 2.12. The lowest BCUT2D eigenvalue weighted by molar-refractivity contribution is 0.305. The lowest BCUT2D eigenvalue weighted by atomic mass is 10.2. The highest BCUT2D eigenvalue weighted by molar-refractivity contribution is 7.98. The molecule has 2 aromatic heterocycles. The van der Waals surface area contributed by atoms with Crippen molar-refractivity contribution in [2.24, 2.45) is 0 Å². The molecule has 0 fully saturated rings. The topological polar surface area (TPSA) is 56.1 Å². The predicted molar refractivity (Wildman–Crippen MR) is 132 cm³/mol. The zero-order valence-electron chi connectivity index (χ0n) is 18.3. The van der Waals surface area contributed by atoms with Gasteiger partial charge in [-0.3, -0.25) is 9.47 Å². The zero-order valence-corrected chi connectivity index (χ0v) is 20.7. The number of thioether (sulfide) groups is 1. The third kappa shape index (κ3) is 4.83. The van der Waals surface area contributed by atoms with E-state index in [1.165, 1.54) is 0 Å². The summed E-state index contributed by atoms with van der Waals surface area (Å²) in [7, 11) is 5.75. The molecule has 4 aromatic rings. The zero-order chi connectivity index (χ0) is 22.7. The first-order valence-electron chi connectivity index (χ1n) is 10.1. The highest BCUT2D eigenvalue weighted by Crippen LogP contribution is 2.34. The minimum Gasteiger partial charge on any atom is -0.496 e. The van der Waals surface area contributed by atoms with E-state index in [9.17, 15) is 0 Å². The molecule has 2 aromatic carbocycles. The van der Waals surface area contributed by atoms with E-state index in [0.717, 1.165) is 38.7 Å². The molecule has 0 aliphatic rings. The van der Waals surface area contributed by atoms with Crippen LogP contribution < -0.4 is 4.74 Å². The maximum Gasteiger partial charge on any atom is 0.196 e. The average Bonchev–Trinajstić information content (AvgIpc) is 3.45. The van der Waals surface area contributed by atoms with Crippen LogP contribution >= 0.6 is 34.7 Å². The van der Waals surface area contributed by atoms with Gasteiger partial charge in [-0.15, -0.1) is 21.5 Å². The van der Waals surface area contributed by atoms with E-state index in [-0.39, 0.29) is 6.04 Å². The second-order valence-electron chi connectivity index (χ2n) is 7.43. The number of rotatable bonds is 8. The largest absolute Gasteiger partial charge is 0.496 e. The average molecular weight is 486 g/mol. The normalized spacial score (nSPS) is 12.3. The van der Waals surface area contributed by atoms with E-state index in [1.807, 2.05) is 62.6 Å². The lowest BCUT2D eigenvalue weighted by Gasteiger charge is -2.20. The first-order chi connectivity index (χ1) is 15.5. The molecule has 9 heteroatoms. The Morgan fingerprint density at radius 2 is 1.88 bits per heavy atom. The van der Waals surface area contributed by atoms with E-state index < -0.39 is 0 Å². The molecule has 2 heterocycles. The van der Waals surface area contributed by atoms with Crippen molar-refractivity contribution in [1.82, 2.24) is 24.6 Å². The van der Waals surface area contributed by atoms with Crippen LogP contribution in [-0.2, 0) is 5.75 Å². The number of thiazole rings is 1. The number of benzene rings is 2. The fourth-order valence-electron chi connectivity index (χ4n) is 3.17. The SMILES string of the molecule is COc1ccccc1-c1nc(CSc2nnc(C(C)N(C)C)n2-c2ccc(Cl)cc2)cs1. The number of ether oxygens (including phenoxy) is 1. The number of para-hydroxylation sites is 1. The molecule has 0 radical (unpaired) electrons. The Morgan fingerprint density at radius 3 is 2.59 bits per heavy atom. The summed E-state index contributed by atoms with van der Waals surface area (Å²) in [4.78, 5) is 6.94. The third-order valence-electron chi connectivity index (χ3n) is 5.13. The summed E-state index contributed by atoms with van der Waals surface area (Å²) in [5.74, 6) is 2.40. The molecule has 166 valence electrons. The van der Waals surface area contributed by atoms with Crippen molar-refractivity contribution < 1.29 is 4.74 Å². The summed E-state index contributed by atoms with van der Waals surface area (Å²) in [5, 5.41) is 13.6. The van der Waals surface area contributed by atoms with Crippen LogP contribution in [0, 0.1) is 0 Å². The second kappa shape index (κ2) is 10.0. The van der Waals surface area contributed by atoms with Gasteiger partial charge in [0.1, 0.15) is 10.8 Å². The first kappa shape index (κ1) is 22.8. The summed E-state index contributed by atoms with van der Waals surface area (Å²) >= 11 is 9.34. The van der Waals surface area contributed by atoms with Crippen LogP contribution in [0.3, 0.4) is 0 Å². The molecule has 4 rings (SSSR count). The van der Waals surface area contributed by atoms with Crippen LogP contribution in [0.1, 0.15) is 24.5 Å². The van der Waals surface area contributed by atoms with E-state index in [1.54, 1.807) is 30.2 Å². The van der Waals surface area contributed by atoms with Crippen LogP contribution in [-0.4, -0.2) is 45.9 Å². The van der Waals surface area contributed by atoms with E-state index >= 15 is 0 Å². The van der Waals surface area contributed by atoms with E-state index in [2.05, 4.69) is 32.0 Å². The van der Waals surface area contributed by atoms with Gasteiger partial charge < -0.3 is 4.74 Å². The molecule has 1 atom stereocenters. The molecular weight excluding hydrogens is 462 g/mol. The minimum atomic E-state index is 0.101. The number of hydrogen-bond acceptors (Lipinski definition) is 7.